The van der Waals surface area contributed by atoms with Gasteiger partial charge in [-0.2, -0.15) is 0 Å². The number of nitrogens with zero attached hydrogens (tertiary/aromatic N) is 1. The standard InChI is InChI=1S/C23H18ClF2N3O3S.CH4/c1-2-9-33(31,32)29-19-8-7-18(25)20(21(19)26)22(30)17-12-28-23-16(17)10-14(11-27-23)13-3-5-15(24)6-4-13;/h3-8,10-12,29H,2,9H2,1H3,(H,27,28);1H4. The van der Waals surface area contributed by atoms with Crippen LogP contribution in [0.1, 0.15) is 36.7 Å². The minimum Gasteiger partial charge on any atom is -0.345 e. The number of hydrogen-bond acceptors (Lipinski definition) is 4. The number of hydrogen-bond donors (Lipinski definition) is 2. The largest absolute Gasteiger partial charge is 0.345 e. The molecule has 0 spiro atoms. The van der Waals surface area contributed by atoms with Crippen molar-refractivity contribution in [3.05, 3.63) is 82.6 Å². The lowest BCUT2D eigenvalue weighted by molar-refractivity contribution is 0.103. The molecule has 0 bridgehead atoms. The number of carbonyl (C=O) groups excluding carboxylic acids is 1. The second-order valence-corrected chi connectivity index (χ2v) is 9.64. The van der Waals surface area contributed by atoms with Gasteiger partial charge in [-0.1, -0.05) is 38.1 Å². The normalized spacial score (nSPS) is 11.3. The van der Waals surface area contributed by atoms with Crippen molar-refractivity contribution >= 4 is 44.1 Å². The Morgan fingerprint density at radius 1 is 1.12 bits per heavy atom. The summed E-state index contributed by atoms with van der Waals surface area (Å²) in [6.45, 7) is 1.65. The third-order valence-corrected chi connectivity index (χ3v) is 6.74. The zero-order valence-electron chi connectivity index (χ0n) is 17.3. The van der Waals surface area contributed by atoms with Gasteiger partial charge >= 0.3 is 0 Å². The zero-order valence-corrected chi connectivity index (χ0v) is 18.9. The first-order valence-electron chi connectivity index (χ1n) is 9.96. The molecule has 0 unspecified atom stereocenters. The lowest BCUT2D eigenvalue weighted by Gasteiger charge is -2.11. The molecule has 0 saturated heterocycles. The van der Waals surface area contributed by atoms with Gasteiger partial charge in [-0.3, -0.25) is 9.52 Å². The number of aromatic amines is 1. The lowest BCUT2D eigenvalue weighted by atomic mass is 10.00. The van der Waals surface area contributed by atoms with E-state index in [-0.39, 0.29) is 18.7 Å². The Bertz CT molecular complexity index is 1470. The molecule has 2 aromatic carbocycles. The van der Waals surface area contributed by atoms with Gasteiger partial charge in [0.1, 0.15) is 11.5 Å². The maximum atomic E-state index is 15.1. The maximum absolute atomic E-state index is 15.1. The molecule has 2 heterocycles. The number of rotatable bonds is 7. The Morgan fingerprint density at radius 2 is 1.82 bits per heavy atom. The fourth-order valence-electron chi connectivity index (χ4n) is 3.45. The molecule has 0 fully saturated rings. The lowest BCUT2D eigenvalue weighted by Crippen LogP contribution is -2.18. The van der Waals surface area contributed by atoms with Crippen molar-refractivity contribution in [3.63, 3.8) is 0 Å². The van der Waals surface area contributed by atoms with E-state index in [0.29, 0.717) is 28.0 Å². The third kappa shape index (κ3) is 4.95. The van der Waals surface area contributed by atoms with Gasteiger partial charge in [-0.15, -0.1) is 0 Å². The third-order valence-electron chi connectivity index (χ3n) is 5.01. The van der Waals surface area contributed by atoms with E-state index in [9.17, 15) is 17.6 Å². The van der Waals surface area contributed by atoms with E-state index in [1.807, 2.05) is 0 Å². The van der Waals surface area contributed by atoms with Crippen molar-refractivity contribution in [2.45, 2.75) is 20.8 Å². The van der Waals surface area contributed by atoms with E-state index < -0.39 is 38.7 Å². The van der Waals surface area contributed by atoms with Crippen LogP contribution in [0.4, 0.5) is 14.5 Å². The summed E-state index contributed by atoms with van der Waals surface area (Å²) >= 11 is 5.93. The van der Waals surface area contributed by atoms with E-state index in [0.717, 1.165) is 17.7 Å². The smallest absolute Gasteiger partial charge is 0.232 e. The molecule has 0 atom stereocenters. The van der Waals surface area contributed by atoms with Gasteiger partial charge in [0.25, 0.3) is 0 Å². The summed E-state index contributed by atoms with van der Waals surface area (Å²) in [4.78, 5) is 20.3. The van der Waals surface area contributed by atoms with Gasteiger partial charge < -0.3 is 4.98 Å². The highest BCUT2D eigenvalue weighted by atomic mass is 35.5. The molecule has 10 heteroatoms. The van der Waals surface area contributed by atoms with Crippen LogP contribution in [0.2, 0.25) is 5.02 Å². The number of carbonyl (C=O) groups is 1. The Balaban J connectivity index is 0.00000324. The van der Waals surface area contributed by atoms with Gasteiger partial charge in [0.05, 0.1) is 17.0 Å². The predicted molar refractivity (Wildman–Crippen MR) is 131 cm³/mol. The van der Waals surface area contributed by atoms with Crippen molar-refractivity contribution in [1.82, 2.24) is 9.97 Å². The molecule has 0 amide bonds. The van der Waals surface area contributed by atoms with Crippen molar-refractivity contribution in [3.8, 4) is 11.1 Å². The van der Waals surface area contributed by atoms with Crippen LogP contribution in [0, 0.1) is 11.6 Å². The monoisotopic (exact) mass is 505 g/mol. The molecule has 6 nitrogen and oxygen atoms in total. The van der Waals surface area contributed by atoms with Crippen LogP contribution in [-0.2, 0) is 10.0 Å². The average molecular weight is 506 g/mol. The van der Waals surface area contributed by atoms with Crippen molar-refractivity contribution in [2.24, 2.45) is 0 Å². The minimum absolute atomic E-state index is 0. The Hall–Kier alpha value is -3.30. The van der Waals surface area contributed by atoms with Crippen LogP contribution in [-0.4, -0.2) is 29.9 Å². The molecular formula is C24H22ClF2N3O3S. The first-order valence-corrected chi connectivity index (χ1v) is 12.0. The fraction of sp³-hybridized carbons (Fsp3) is 0.167. The Labute approximate surface area is 201 Å². The van der Waals surface area contributed by atoms with Gasteiger partial charge in [-0.25, -0.2) is 22.2 Å². The van der Waals surface area contributed by atoms with Crippen molar-refractivity contribution in [2.75, 3.05) is 10.5 Å². The number of nitrogens with one attached hydrogen (secondary N) is 2. The number of halogens is 3. The SMILES string of the molecule is C.CCCS(=O)(=O)Nc1ccc(F)c(C(=O)c2c[nH]c3ncc(-c4ccc(Cl)cc4)cc23)c1F. The van der Waals surface area contributed by atoms with Gasteiger partial charge in [0.15, 0.2) is 5.82 Å². The molecule has 4 rings (SSSR count). The van der Waals surface area contributed by atoms with Gasteiger partial charge in [-0.05, 0) is 42.3 Å². The van der Waals surface area contributed by atoms with E-state index in [1.54, 1.807) is 43.5 Å². The van der Waals surface area contributed by atoms with Crippen LogP contribution in [0.5, 0.6) is 0 Å². The Morgan fingerprint density at radius 3 is 2.50 bits per heavy atom. The van der Waals surface area contributed by atoms with Crippen LogP contribution >= 0.6 is 11.6 Å². The number of anilines is 1. The minimum atomic E-state index is -3.84. The molecule has 34 heavy (non-hydrogen) atoms. The maximum Gasteiger partial charge on any atom is 0.232 e. The number of pyridine rings is 1. The highest BCUT2D eigenvalue weighted by molar-refractivity contribution is 7.92. The molecule has 2 aromatic heterocycles. The average Bonchev–Trinajstić information content (AvgIpc) is 3.19. The number of ketones is 1. The predicted octanol–water partition coefficient (Wildman–Crippen LogP) is 6.18. The molecule has 178 valence electrons. The van der Waals surface area contributed by atoms with Crippen LogP contribution in [0.3, 0.4) is 0 Å². The first-order chi connectivity index (χ1) is 15.7. The molecule has 0 saturated carbocycles. The number of H-pyrrole nitrogens is 1. The summed E-state index contributed by atoms with van der Waals surface area (Å²) < 4.78 is 55.8. The van der Waals surface area contributed by atoms with E-state index in [1.165, 1.54) is 6.20 Å². The van der Waals surface area contributed by atoms with Crippen LogP contribution in [0.25, 0.3) is 22.2 Å². The summed E-state index contributed by atoms with van der Waals surface area (Å²) in [7, 11) is -3.84. The summed E-state index contributed by atoms with van der Waals surface area (Å²) in [5, 5.41) is 0.925. The first kappa shape index (κ1) is 25.3. The number of benzene rings is 2. The second-order valence-electron chi connectivity index (χ2n) is 7.36. The number of fused-ring (bicyclic) bond motifs is 1. The molecule has 0 aliphatic carbocycles. The summed E-state index contributed by atoms with van der Waals surface area (Å²) in [5.74, 6) is -3.57. The molecule has 4 aromatic rings. The second kappa shape index (κ2) is 9.90. The number of aromatic nitrogens is 2. The van der Waals surface area contributed by atoms with E-state index >= 15 is 4.39 Å². The number of sulfonamides is 1. The highest BCUT2D eigenvalue weighted by Crippen LogP contribution is 2.30. The quantitative estimate of drug-likeness (QED) is 0.293. The molecule has 0 aliphatic rings. The summed E-state index contributed by atoms with van der Waals surface area (Å²) in [6.07, 6.45) is 3.22. The molecule has 0 radical (unpaired) electrons. The zero-order chi connectivity index (χ0) is 23.8. The highest BCUT2D eigenvalue weighted by Gasteiger charge is 2.26. The topological polar surface area (TPSA) is 91.9 Å². The van der Waals surface area contributed by atoms with E-state index in [4.69, 9.17) is 11.6 Å². The Kier molecular flexibility index (Phi) is 7.38. The van der Waals surface area contributed by atoms with Crippen LogP contribution < -0.4 is 4.72 Å². The summed E-state index contributed by atoms with van der Waals surface area (Å²) in [5.41, 5.74) is 0.474. The molecule has 0 aliphatic heterocycles. The van der Waals surface area contributed by atoms with Crippen LogP contribution in [0.15, 0.2) is 54.9 Å². The van der Waals surface area contributed by atoms with Gasteiger partial charge in [0, 0.05) is 33.9 Å². The molecule has 2 N–H and O–H groups in total. The van der Waals surface area contributed by atoms with Crippen molar-refractivity contribution < 1.29 is 22.0 Å². The van der Waals surface area contributed by atoms with E-state index in [2.05, 4.69) is 14.7 Å². The van der Waals surface area contributed by atoms with Gasteiger partial charge in [0.2, 0.25) is 15.8 Å². The molecular weight excluding hydrogens is 484 g/mol. The fourth-order valence-corrected chi connectivity index (χ4v) is 4.71. The van der Waals surface area contributed by atoms with Crippen molar-refractivity contribution in [1.29, 1.82) is 0 Å². The summed E-state index contributed by atoms with van der Waals surface area (Å²) in [6, 6.07) is 10.5.